The average molecular weight is 279 g/mol. The first-order valence-electron chi connectivity index (χ1n) is 6.33. The zero-order valence-corrected chi connectivity index (χ0v) is 11.8. The summed E-state index contributed by atoms with van der Waals surface area (Å²) in [5.41, 5.74) is 3.85. The van der Waals surface area contributed by atoms with Crippen LogP contribution in [0.4, 0.5) is 0 Å². The van der Waals surface area contributed by atoms with Crippen molar-refractivity contribution in [2.24, 2.45) is 0 Å². The molecule has 3 rings (SSSR count). The summed E-state index contributed by atoms with van der Waals surface area (Å²) in [5.74, 6) is 0.694. The summed E-state index contributed by atoms with van der Waals surface area (Å²) in [6.07, 6.45) is 1.75. The molecule has 0 aliphatic rings. The quantitative estimate of drug-likeness (QED) is 0.716. The minimum atomic E-state index is 0.600. The Hall–Kier alpha value is -2.33. The van der Waals surface area contributed by atoms with E-state index in [-0.39, 0.29) is 0 Å². The monoisotopic (exact) mass is 279 g/mol. The van der Waals surface area contributed by atoms with E-state index in [1.54, 1.807) is 6.20 Å². The van der Waals surface area contributed by atoms with Crippen LogP contribution >= 0.6 is 12.2 Å². The van der Waals surface area contributed by atoms with Crippen LogP contribution in [0.15, 0.2) is 54.7 Å². The number of hydrogen-bond acceptors (Lipinski definition) is 3. The van der Waals surface area contributed by atoms with Crippen LogP contribution in [0.1, 0.15) is 5.56 Å². The van der Waals surface area contributed by atoms with Gasteiger partial charge in [0, 0.05) is 11.8 Å². The van der Waals surface area contributed by atoms with Gasteiger partial charge in [-0.15, -0.1) is 0 Å². The van der Waals surface area contributed by atoms with Crippen molar-refractivity contribution in [1.29, 1.82) is 0 Å². The highest BCUT2D eigenvalue weighted by atomic mass is 32.1. The van der Waals surface area contributed by atoms with Crippen LogP contribution in [0.3, 0.4) is 0 Å². The number of benzene rings is 1. The minimum Gasteiger partial charge on any atom is -0.338 e. The molecule has 2 aromatic heterocycles. The molecule has 1 aromatic carbocycles. The summed E-state index contributed by atoms with van der Waals surface area (Å²) in [6.45, 7) is 1.98. The molecule has 0 fully saturated rings. The Morgan fingerprint density at radius 2 is 1.75 bits per heavy atom. The summed E-state index contributed by atoms with van der Waals surface area (Å²) >= 11 is 5.37. The highest BCUT2D eigenvalue weighted by Gasteiger charge is 2.08. The molecule has 0 amide bonds. The summed E-state index contributed by atoms with van der Waals surface area (Å²) in [6, 6.07) is 15.8. The molecule has 0 unspecified atom stereocenters. The highest BCUT2D eigenvalue weighted by molar-refractivity contribution is 7.71. The van der Waals surface area contributed by atoms with Crippen LogP contribution in [0.2, 0.25) is 0 Å². The number of nitrogens with zero attached hydrogens (tertiary/aromatic N) is 2. The standard InChI is InChI=1S/C16H13N3S/c1-11-14(12-7-3-2-4-8-12)18-15(19-16(11)20)13-9-5-6-10-17-13/h2-10H,1H3,(H,18,19,20). The van der Waals surface area contributed by atoms with Crippen LogP contribution < -0.4 is 0 Å². The molecule has 98 valence electrons. The second-order valence-electron chi connectivity index (χ2n) is 4.47. The maximum absolute atomic E-state index is 5.37. The molecule has 2 heterocycles. The molecule has 0 aliphatic heterocycles. The molecule has 0 saturated carbocycles. The lowest BCUT2D eigenvalue weighted by atomic mass is 10.1. The van der Waals surface area contributed by atoms with E-state index in [0.717, 1.165) is 22.5 Å². The fraction of sp³-hybridized carbons (Fsp3) is 0.0625. The van der Waals surface area contributed by atoms with E-state index in [1.807, 2.05) is 43.3 Å². The molecular weight excluding hydrogens is 266 g/mol. The van der Waals surface area contributed by atoms with Gasteiger partial charge in [-0.2, -0.15) is 0 Å². The second-order valence-corrected chi connectivity index (χ2v) is 4.86. The van der Waals surface area contributed by atoms with Crippen LogP contribution in [0.25, 0.3) is 22.8 Å². The summed E-state index contributed by atoms with van der Waals surface area (Å²) in [4.78, 5) is 12.1. The molecule has 0 aliphatic carbocycles. The first-order chi connectivity index (χ1) is 9.75. The van der Waals surface area contributed by atoms with Gasteiger partial charge in [-0.25, -0.2) is 4.98 Å². The fourth-order valence-electron chi connectivity index (χ4n) is 2.05. The Kier molecular flexibility index (Phi) is 3.39. The van der Waals surface area contributed by atoms with E-state index in [1.165, 1.54) is 0 Å². The lowest BCUT2D eigenvalue weighted by molar-refractivity contribution is 1.10. The summed E-state index contributed by atoms with van der Waals surface area (Å²) in [7, 11) is 0. The van der Waals surface area contributed by atoms with Crippen molar-refractivity contribution in [2.45, 2.75) is 6.92 Å². The number of rotatable bonds is 2. The molecule has 20 heavy (non-hydrogen) atoms. The minimum absolute atomic E-state index is 0.600. The normalized spacial score (nSPS) is 10.4. The predicted molar refractivity (Wildman–Crippen MR) is 82.8 cm³/mol. The molecular formula is C16H13N3S. The van der Waals surface area contributed by atoms with Crippen LogP contribution in [0, 0.1) is 11.6 Å². The van der Waals surface area contributed by atoms with Gasteiger partial charge < -0.3 is 4.98 Å². The van der Waals surface area contributed by atoms with E-state index in [9.17, 15) is 0 Å². The van der Waals surface area contributed by atoms with Crippen molar-refractivity contribution in [2.75, 3.05) is 0 Å². The maximum Gasteiger partial charge on any atom is 0.158 e. The highest BCUT2D eigenvalue weighted by Crippen LogP contribution is 2.23. The van der Waals surface area contributed by atoms with Gasteiger partial charge in [0.25, 0.3) is 0 Å². The largest absolute Gasteiger partial charge is 0.338 e. The van der Waals surface area contributed by atoms with Gasteiger partial charge in [-0.1, -0.05) is 48.6 Å². The Labute approximate surface area is 122 Å². The third-order valence-corrected chi connectivity index (χ3v) is 3.52. The number of H-pyrrole nitrogens is 1. The van der Waals surface area contributed by atoms with Gasteiger partial charge in [0.05, 0.1) is 5.69 Å². The Bertz CT molecular complexity index is 780. The van der Waals surface area contributed by atoms with Crippen molar-refractivity contribution >= 4 is 12.2 Å². The zero-order valence-electron chi connectivity index (χ0n) is 11.0. The van der Waals surface area contributed by atoms with Gasteiger partial charge >= 0.3 is 0 Å². The fourth-order valence-corrected chi connectivity index (χ4v) is 2.24. The second kappa shape index (κ2) is 5.35. The molecule has 3 aromatic rings. The predicted octanol–water partition coefficient (Wildman–Crippen LogP) is 4.18. The van der Waals surface area contributed by atoms with Gasteiger partial charge in [0.15, 0.2) is 5.82 Å². The Morgan fingerprint density at radius 3 is 2.45 bits per heavy atom. The molecule has 0 atom stereocenters. The molecule has 1 N–H and O–H groups in total. The van der Waals surface area contributed by atoms with Crippen molar-refractivity contribution in [1.82, 2.24) is 15.0 Å². The van der Waals surface area contributed by atoms with Crippen LogP contribution in [-0.4, -0.2) is 15.0 Å². The van der Waals surface area contributed by atoms with Crippen molar-refractivity contribution in [3.05, 3.63) is 64.9 Å². The van der Waals surface area contributed by atoms with Crippen molar-refractivity contribution in [3.8, 4) is 22.8 Å². The number of aromatic amines is 1. The van der Waals surface area contributed by atoms with Crippen molar-refractivity contribution < 1.29 is 0 Å². The lowest BCUT2D eigenvalue weighted by Gasteiger charge is -2.09. The van der Waals surface area contributed by atoms with E-state index < -0.39 is 0 Å². The molecule has 3 nitrogen and oxygen atoms in total. The number of nitrogens with one attached hydrogen (secondary N) is 1. The van der Waals surface area contributed by atoms with Crippen LogP contribution in [-0.2, 0) is 0 Å². The van der Waals surface area contributed by atoms with Gasteiger partial charge in [-0.05, 0) is 24.6 Å². The lowest BCUT2D eigenvalue weighted by Crippen LogP contribution is -1.98. The Morgan fingerprint density at radius 1 is 1.00 bits per heavy atom. The van der Waals surface area contributed by atoms with E-state index in [0.29, 0.717) is 10.5 Å². The third kappa shape index (κ3) is 2.38. The van der Waals surface area contributed by atoms with E-state index >= 15 is 0 Å². The van der Waals surface area contributed by atoms with Gasteiger partial charge in [-0.3, -0.25) is 4.98 Å². The summed E-state index contributed by atoms with van der Waals surface area (Å²) in [5, 5.41) is 0. The third-order valence-electron chi connectivity index (χ3n) is 3.12. The summed E-state index contributed by atoms with van der Waals surface area (Å²) < 4.78 is 0.600. The van der Waals surface area contributed by atoms with Crippen molar-refractivity contribution in [3.63, 3.8) is 0 Å². The molecule has 0 bridgehead atoms. The zero-order chi connectivity index (χ0) is 13.9. The first kappa shape index (κ1) is 12.7. The average Bonchev–Trinajstić information content (AvgIpc) is 2.51. The van der Waals surface area contributed by atoms with E-state index in [4.69, 9.17) is 12.2 Å². The molecule has 0 radical (unpaired) electrons. The van der Waals surface area contributed by atoms with Gasteiger partial charge in [0.1, 0.15) is 10.3 Å². The SMILES string of the molecule is Cc1c(-c2ccccc2)[nH]c(-c2ccccn2)nc1=S. The topological polar surface area (TPSA) is 41.6 Å². The smallest absolute Gasteiger partial charge is 0.158 e. The van der Waals surface area contributed by atoms with E-state index in [2.05, 4.69) is 27.1 Å². The Balaban J connectivity index is 2.22. The molecule has 4 heteroatoms. The molecule has 0 saturated heterocycles. The number of pyridine rings is 1. The first-order valence-corrected chi connectivity index (χ1v) is 6.74. The number of aromatic nitrogens is 3. The van der Waals surface area contributed by atoms with Gasteiger partial charge in [0.2, 0.25) is 0 Å². The number of hydrogen-bond donors (Lipinski definition) is 1. The maximum atomic E-state index is 5.37. The van der Waals surface area contributed by atoms with Crippen LogP contribution in [0.5, 0.6) is 0 Å². The molecule has 0 spiro atoms.